The van der Waals surface area contributed by atoms with Crippen LogP contribution in [0.1, 0.15) is 12.8 Å². The summed E-state index contributed by atoms with van der Waals surface area (Å²) in [7, 11) is 0. The molecule has 0 amide bonds. The molecule has 0 radical (unpaired) electrons. The minimum atomic E-state index is 0.0766. The van der Waals surface area contributed by atoms with Crippen LogP contribution in [0, 0.1) is 5.92 Å². The Morgan fingerprint density at radius 3 is 2.56 bits per heavy atom. The molecule has 25 heavy (non-hydrogen) atoms. The van der Waals surface area contributed by atoms with Gasteiger partial charge in [0, 0.05) is 32.0 Å². The van der Waals surface area contributed by atoms with E-state index in [9.17, 15) is 0 Å². The smallest absolute Gasteiger partial charge is 0.225 e. The van der Waals surface area contributed by atoms with E-state index < -0.39 is 0 Å². The van der Waals surface area contributed by atoms with E-state index in [4.69, 9.17) is 9.47 Å². The van der Waals surface area contributed by atoms with E-state index in [2.05, 4.69) is 20.2 Å². The van der Waals surface area contributed by atoms with Crippen molar-refractivity contribution in [3.05, 3.63) is 42.7 Å². The Labute approximate surface area is 148 Å². The number of hydrogen-bond donors (Lipinski definition) is 1. The fraction of sp³-hybridized carbons (Fsp3) is 0.474. The first-order valence-corrected chi connectivity index (χ1v) is 8.99. The number of ether oxygens (including phenoxy) is 2. The summed E-state index contributed by atoms with van der Waals surface area (Å²) >= 11 is 0. The molecule has 2 aliphatic rings. The van der Waals surface area contributed by atoms with Crippen molar-refractivity contribution in [1.29, 1.82) is 0 Å². The second-order valence-corrected chi connectivity index (χ2v) is 6.64. The standard InChI is InChI=1S/C19H24N4O2/c1-2-5-18-17(4-1)24-14-16(25-18)13-20-12-15-6-10-23(11-7-15)19-21-8-3-9-22-19/h1-5,8-9,15-16,20H,6-7,10-14H2/t16-/m0/s1. The molecule has 0 unspecified atom stereocenters. The van der Waals surface area contributed by atoms with Gasteiger partial charge in [-0.05, 0) is 43.5 Å². The zero-order valence-electron chi connectivity index (χ0n) is 14.3. The molecule has 3 heterocycles. The van der Waals surface area contributed by atoms with E-state index in [1.54, 1.807) is 12.4 Å². The molecule has 1 fully saturated rings. The lowest BCUT2D eigenvalue weighted by Crippen LogP contribution is -2.42. The van der Waals surface area contributed by atoms with Crippen molar-refractivity contribution in [2.24, 2.45) is 5.92 Å². The molecule has 2 aliphatic heterocycles. The summed E-state index contributed by atoms with van der Waals surface area (Å²) in [5.41, 5.74) is 0. The predicted molar refractivity (Wildman–Crippen MR) is 96.2 cm³/mol. The van der Waals surface area contributed by atoms with Crippen LogP contribution in [0.2, 0.25) is 0 Å². The molecule has 0 bridgehead atoms. The van der Waals surface area contributed by atoms with Gasteiger partial charge in [0.15, 0.2) is 11.5 Å². The van der Waals surface area contributed by atoms with Crippen molar-refractivity contribution in [1.82, 2.24) is 15.3 Å². The second-order valence-electron chi connectivity index (χ2n) is 6.64. The summed E-state index contributed by atoms with van der Waals surface area (Å²) in [6.07, 6.45) is 6.01. The third-order valence-electron chi connectivity index (χ3n) is 4.82. The van der Waals surface area contributed by atoms with Gasteiger partial charge in [-0.2, -0.15) is 0 Å². The number of para-hydroxylation sites is 2. The third kappa shape index (κ3) is 4.02. The summed E-state index contributed by atoms with van der Waals surface area (Å²) in [4.78, 5) is 10.9. The summed E-state index contributed by atoms with van der Waals surface area (Å²) in [6.45, 7) is 4.48. The van der Waals surface area contributed by atoms with Crippen molar-refractivity contribution in [3.63, 3.8) is 0 Å². The second kappa shape index (κ2) is 7.70. The van der Waals surface area contributed by atoms with Gasteiger partial charge in [0.1, 0.15) is 12.7 Å². The molecule has 1 saturated heterocycles. The van der Waals surface area contributed by atoms with Crippen molar-refractivity contribution in [3.8, 4) is 11.5 Å². The quantitative estimate of drug-likeness (QED) is 0.900. The van der Waals surface area contributed by atoms with E-state index in [1.807, 2.05) is 30.3 Å². The molecule has 0 aliphatic carbocycles. The molecule has 0 saturated carbocycles. The van der Waals surface area contributed by atoms with Crippen LogP contribution < -0.4 is 19.7 Å². The van der Waals surface area contributed by atoms with Gasteiger partial charge in [-0.15, -0.1) is 0 Å². The molecule has 132 valence electrons. The highest BCUT2D eigenvalue weighted by molar-refractivity contribution is 5.40. The molecule has 1 atom stereocenters. The number of benzene rings is 1. The summed E-state index contributed by atoms with van der Waals surface area (Å²) < 4.78 is 11.7. The SMILES string of the molecule is c1cnc(N2CCC(CNC[C@H]3COc4ccccc4O3)CC2)nc1. The van der Waals surface area contributed by atoms with Gasteiger partial charge < -0.3 is 19.7 Å². The van der Waals surface area contributed by atoms with E-state index in [1.165, 1.54) is 0 Å². The van der Waals surface area contributed by atoms with E-state index in [0.29, 0.717) is 12.5 Å². The molecule has 1 aromatic carbocycles. The Morgan fingerprint density at radius 2 is 1.76 bits per heavy atom. The predicted octanol–water partition coefficient (Wildman–Crippen LogP) is 2.12. The normalized spacial score (nSPS) is 20.5. The fourth-order valence-electron chi connectivity index (χ4n) is 3.40. The lowest BCUT2D eigenvalue weighted by Gasteiger charge is -2.32. The Morgan fingerprint density at radius 1 is 1.00 bits per heavy atom. The van der Waals surface area contributed by atoms with Gasteiger partial charge >= 0.3 is 0 Å². The molecule has 0 spiro atoms. The van der Waals surface area contributed by atoms with Crippen molar-refractivity contribution < 1.29 is 9.47 Å². The number of piperidine rings is 1. The van der Waals surface area contributed by atoms with Gasteiger partial charge in [-0.3, -0.25) is 0 Å². The van der Waals surface area contributed by atoms with Crippen LogP contribution in [-0.4, -0.2) is 48.9 Å². The zero-order valence-corrected chi connectivity index (χ0v) is 14.3. The number of hydrogen-bond acceptors (Lipinski definition) is 6. The lowest BCUT2D eigenvalue weighted by molar-refractivity contribution is 0.0894. The Balaban J connectivity index is 1.18. The maximum Gasteiger partial charge on any atom is 0.225 e. The van der Waals surface area contributed by atoms with Crippen LogP contribution in [0.4, 0.5) is 5.95 Å². The molecular formula is C19H24N4O2. The van der Waals surface area contributed by atoms with Crippen LogP contribution in [0.25, 0.3) is 0 Å². The van der Waals surface area contributed by atoms with Gasteiger partial charge in [0.2, 0.25) is 5.95 Å². The largest absolute Gasteiger partial charge is 0.486 e. The average molecular weight is 340 g/mol. The minimum Gasteiger partial charge on any atom is -0.486 e. The summed E-state index contributed by atoms with van der Waals surface area (Å²) in [5, 5.41) is 3.56. The lowest BCUT2D eigenvalue weighted by atomic mass is 9.97. The maximum atomic E-state index is 5.98. The van der Waals surface area contributed by atoms with E-state index >= 15 is 0 Å². The Kier molecular flexibility index (Phi) is 4.97. The number of nitrogens with one attached hydrogen (secondary N) is 1. The topological polar surface area (TPSA) is 59.5 Å². The third-order valence-corrected chi connectivity index (χ3v) is 4.82. The molecular weight excluding hydrogens is 316 g/mol. The fourth-order valence-corrected chi connectivity index (χ4v) is 3.40. The highest BCUT2D eigenvalue weighted by atomic mass is 16.6. The van der Waals surface area contributed by atoms with Crippen LogP contribution >= 0.6 is 0 Å². The highest BCUT2D eigenvalue weighted by Gasteiger charge is 2.23. The number of fused-ring (bicyclic) bond motifs is 1. The molecule has 6 nitrogen and oxygen atoms in total. The van der Waals surface area contributed by atoms with Crippen molar-refractivity contribution >= 4 is 5.95 Å². The Bertz CT molecular complexity index is 674. The number of rotatable bonds is 5. The average Bonchev–Trinajstić information content (AvgIpc) is 2.69. The van der Waals surface area contributed by atoms with Crippen molar-refractivity contribution in [2.45, 2.75) is 18.9 Å². The van der Waals surface area contributed by atoms with Crippen LogP contribution in [0.5, 0.6) is 11.5 Å². The first-order chi connectivity index (χ1) is 12.4. The van der Waals surface area contributed by atoms with E-state index in [-0.39, 0.29) is 6.10 Å². The zero-order chi connectivity index (χ0) is 16.9. The first-order valence-electron chi connectivity index (χ1n) is 8.99. The molecule has 1 aromatic heterocycles. The summed E-state index contributed by atoms with van der Waals surface area (Å²) in [6, 6.07) is 9.71. The van der Waals surface area contributed by atoms with E-state index in [0.717, 1.165) is 56.5 Å². The first kappa shape index (κ1) is 16.1. The molecule has 6 heteroatoms. The highest BCUT2D eigenvalue weighted by Crippen LogP contribution is 2.30. The Hall–Kier alpha value is -2.34. The molecule has 1 N–H and O–H groups in total. The molecule has 4 rings (SSSR count). The minimum absolute atomic E-state index is 0.0766. The van der Waals surface area contributed by atoms with Gasteiger partial charge in [0.05, 0.1) is 0 Å². The van der Waals surface area contributed by atoms with Crippen LogP contribution in [0.15, 0.2) is 42.7 Å². The van der Waals surface area contributed by atoms with Crippen LogP contribution in [-0.2, 0) is 0 Å². The van der Waals surface area contributed by atoms with Gasteiger partial charge in [-0.25, -0.2) is 9.97 Å². The van der Waals surface area contributed by atoms with Gasteiger partial charge in [-0.1, -0.05) is 12.1 Å². The number of aromatic nitrogens is 2. The van der Waals surface area contributed by atoms with Crippen molar-refractivity contribution in [2.75, 3.05) is 37.7 Å². The molecule has 2 aromatic rings. The maximum absolute atomic E-state index is 5.98. The van der Waals surface area contributed by atoms with Crippen LogP contribution in [0.3, 0.4) is 0 Å². The number of anilines is 1. The van der Waals surface area contributed by atoms with Gasteiger partial charge in [0.25, 0.3) is 0 Å². The monoisotopic (exact) mass is 340 g/mol. The number of nitrogens with zero attached hydrogens (tertiary/aromatic N) is 3. The summed E-state index contributed by atoms with van der Waals surface area (Å²) in [5.74, 6) is 3.23.